The maximum Gasteiger partial charge on any atom is 0.271 e. The van der Waals surface area contributed by atoms with E-state index in [4.69, 9.17) is 4.42 Å². The summed E-state index contributed by atoms with van der Waals surface area (Å²) in [5.41, 5.74) is 0.938. The largest absolute Gasteiger partial charge is 0.415 e. The van der Waals surface area contributed by atoms with E-state index in [1.54, 1.807) is 6.92 Å². The van der Waals surface area contributed by atoms with E-state index in [1.807, 2.05) is 35.2 Å². The molecule has 0 saturated carbocycles. The van der Waals surface area contributed by atoms with Crippen LogP contribution in [0.5, 0.6) is 0 Å². The highest BCUT2D eigenvalue weighted by Gasteiger charge is 2.23. The van der Waals surface area contributed by atoms with Crippen LogP contribution in [0.25, 0.3) is 11.5 Å². The lowest BCUT2D eigenvalue weighted by Crippen LogP contribution is -3.13. The van der Waals surface area contributed by atoms with Gasteiger partial charge in [0.2, 0.25) is 11.8 Å². The average molecular weight is 287 g/mol. The topological polar surface area (TPSA) is 63.7 Å². The maximum atomic E-state index is 11.3. The zero-order valence-electron chi connectivity index (χ0n) is 12.1. The number of amides is 1. The summed E-state index contributed by atoms with van der Waals surface area (Å²) in [4.78, 5) is 14.6. The SMILES string of the molecule is CC(=O)N1CC[NH+](Cc2nnc(-c3ccccc3)o2)CC1. The van der Waals surface area contributed by atoms with Crippen LogP contribution in [0.3, 0.4) is 0 Å². The van der Waals surface area contributed by atoms with Crippen LogP contribution in [0.15, 0.2) is 34.7 Å². The van der Waals surface area contributed by atoms with Crippen molar-refractivity contribution in [2.45, 2.75) is 13.5 Å². The lowest BCUT2D eigenvalue weighted by Gasteiger charge is -2.30. The van der Waals surface area contributed by atoms with Gasteiger partial charge < -0.3 is 14.2 Å². The second-order valence-electron chi connectivity index (χ2n) is 5.30. The Labute approximate surface area is 123 Å². The van der Waals surface area contributed by atoms with Crippen molar-refractivity contribution in [2.24, 2.45) is 0 Å². The molecule has 6 heteroatoms. The molecule has 1 aromatic heterocycles. The molecule has 0 atom stereocenters. The van der Waals surface area contributed by atoms with Gasteiger partial charge in [-0.15, -0.1) is 10.2 Å². The molecule has 1 aliphatic heterocycles. The molecule has 1 saturated heterocycles. The Hall–Kier alpha value is -2.21. The summed E-state index contributed by atoms with van der Waals surface area (Å²) < 4.78 is 5.72. The molecular formula is C15H19N4O2+. The molecule has 2 aromatic rings. The van der Waals surface area contributed by atoms with Crippen LogP contribution in [0.2, 0.25) is 0 Å². The Morgan fingerprint density at radius 2 is 1.95 bits per heavy atom. The molecule has 0 spiro atoms. The van der Waals surface area contributed by atoms with Crippen LogP contribution >= 0.6 is 0 Å². The Bertz CT molecular complexity index is 603. The Morgan fingerprint density at radius 1 is 1.24 bits per heavy atom. The molecule has 1 aromatic carbocycles. The first kappa shape index (κ1) is 13.8. The first-order chi connectivity index (χ1) is 10.2. The van der Waals surface area contributed by atoms with Crippen molar-refractivity contribution >= 4 is 5.91 Å². The molecule has 0 unspecified atom stereocenters. The van der Waals surface area contributed by atoms with Gasteiger partial charge in [0.15, 0.2) is 6.54 Å². The molecule has 2 heterocycles. The minimum atomic E-state index is 0.151. The number of carbonyl (C=O) groups excluding carboxylic acids is 1. The molecule has 0 bridgehead atoms. The first-order valence-electron chi connectivity index (χ1n) is 7.19. The van der Waals surface area contributed by atoms with Crippen molar-refractivity contribution in [2.75, 3.05) is 26.2 Å². The van der Waals surface area contributed by atoms with Crippen molar-refractivity contribution in [1.82, 2.24) is 15.1 Å². The Morgan fingerprint density at radius 3 is 2.62 bits per heavy atom. The van der Waals surface area contributed by atoms with Gasteiger partial charge in [-0.25, -0.2) is 0 Å². The van der Waals surface area contributed by atoms with E-state index in [2.05, 4.69) is 10.2 Å². The number of nitrogens with zero attached hydrogens (tertiary/aromatic N) is 3. The molecule has 0 radical (unpaired) electrons. The Kier molecular flexibility index (Phi) is 3.96. The van der Waals surface area contributed by atoms with Crippen molar-refractivity contribution < 1.29 is 14.1 Å². The highest BCUT2D eigenvalue weighted by atomic mass is 16.4. The highest BCUT2D eigenvalue weighted by Crippen LogP contribution is 2.16. The summed E-state index contributed by atoms with van der Waals surface area (Å²) >= 11 is 0. The molecule has 110 valence electrons. The normalized spacial score (nSPS) is 16.1. The van der Waals surface area contributed by atoms with E-state index in [9.17, 15) is 4.79 Å². The number of benzene rings is 1. The van der Waals surface area contributed by atoms with Crippen molar-refractivity contribution in [1.29, 1.82) is 0 Å². The van der Waals surface area contributed by atoms with E-state index in [0.717, 1.165) is 31.7 Å². The van der Waals surface area contributed by atoms with E-state index in [-0.39, 0.29) is 5.91 Å². The quantitative estimate of drug-likeness (QED) is 0.862. The average Bonchev–Trinajstić information content (AvgIpc) is 2.97. The van der Waals surface area contributed by atoms with Gasteiger partial charge in [0.1, 0.15) is 0 Å². The molecule has 1 amide bonds. The van der Waals surface area contributed by atoms with Gasteiger partial charge >= 0.3 is 0 Å². The van der Waals surface area contributed by atoms with Crippen molar-refractivity contribution in [3.8, 4) is 11.5 Å². The third-order valence-electron chi connectivity index (χ3n) is 3.80. The molecule has 0 aliphatic carbocycles. The second-order valence-corrected chi connectivity index (χ2v) is 5.30. The standard InChI is InChI=1S/C15H18N4O2/c1-12(20)19-9-7-18(8-10-19)11-14-16-17-15(21-14)13-5-3-2-4-6-13/h2-6H,7-11H2,1H3/p+1. The van der Waals surface area contributed by atoms with E-state index >= 15 is 0 Å². The monoisotopic (exact) mass is 287 g/mol. The van der Waals surface area contributed by atoms with Gasteiger partial charge in [-0.05, 0) is 12.1 Å². The van der Waals surface area contributed by atoms with Crippen molar-refractivity contribution in [3.05, 3.63) is 36.2 Å². The summed E-state index contributed by atoms with van der Waals surface area (Å²) in [7, 11) is 0. The van der Waals surface area contributed by atoms with Crippen LogP contribution in [-0.2, 0) is 11.3 Å². The minimum Gasteiger partial charge on any atom is -0.415 e. The molecular weight excluding hydrogens is 268 g/mol. The van der Waals surface area contributed by atoms with Crippen LogP contribution in [0.1, 0.15) is 12.8 Å². The zero-order valence-corrected chi connectivity index (χ0v) is 12.1. The molecule has 1 fully saturated rings. The lowest BCUT2D eigenvalue weighted by molar-refractivity contribution is -0.918. The number of rotatable bonds is 3. The van der Waals surface area contributed by atoms with Crippen LogP contribution in [0, 0.1) is 0 Å². The van der Waals surface area contributed by atoms with Crippen LogP contribution in [-0.4, -0.2) is 47.2 Å². The number of nitrogens with one attached hydrogen (secondary N) is 1. The molecule has 21 heavy (non-hydrogen) atoms. The summed E-state index contributed by atoms with van der Waals surface area (Å²) in [6.45, 7) is 5.76. The van der Waals surface area contributed by atoms with Gasteiger partial charge in [0, 0.05) is 12.5 Å². The summed E-state index contributed by atoms with van der Waals surface area (Å²) in [5.74, 6) is 1.37. The highest BCUT2D eigenvalue weighted by molar-refractivity contribution is 5.73. The number of piperazine rings is 1. The summed E-state index contributed by atoms with van der Waals surface area (Å²) in [6.07, 6.45) is 0. The zero-order chi connectivity index (χ0) is 14.7. The van der Waals surface area contributed by atoms with Gasteiger partial charge in [0.05, 0.1) is 26.2 Å². The summed E-state index contributed by atoms with van der Waals surface area (Å²) in [6, 6.07) is 9.77. The fraction of sp³-hybridized carbons (Fsp3) is 0.400. The van der Waals surface area contributed by atoms with Crippen molar-refractivity contribution in [3.63, 3.8) is 0 Å². The third-order valence-corrected chi connectivity index (χ3v) is 3.80. The van der Waals surface area contributed by atoms with Gasteiger partial charge in [0.25, 0.3) is 5.89 Å². The molecule has 3 rings (SSSR count). The predicted octanol–water partition coefficient (Wildman–Crippen LogP) is -0.0164. The fourth-order valence-electron chi connectivity index (χ4n) is 2.55. The minimum absolute atomic E-state index is 0.151. The predicted molar refractivity (Wildman–Crippen MR) is 76.4 cm³/mol. The second kappa shape index (κ2) is 6.05. The van der Waals surface area contributed by atoms with Crippen LogP contribution in [0.4, 0.5) is 0 Å². The van der Waals surface area contributed by atoms with Gasteiger partial charge in [-0.1, -0.05) is 18.2 Å². The van der Waals surface area contributed by atoms with E-state index in [0.29, 0.717) is 18.3 Å². The molecule has 1 aliphatic rings. The van der Waals surface area contributed by atoms with Crippen LogP contribution < -0.4 is 4.90 Å². The first-order valence-corrected chi connectivity index (χ1v) is 7.19. The fourth-order valence-corrected chi connectivity index (χ4v) is 2.55. The smallest absolute Gasteiger partial charge is 0.271 e. The van der Waals surface area contributed by atoms with E-state index < -0.39 is 0 Å². The number of quaternary nitrogens is 1. The van der Waals surface area contributed by atoms with Gasteiger partial charge in [-0.3, -0.25) is 4.79 Å². The molecule has 6 nitrogen and oxygen atoms in total. The van der Waals surface area contributed by atoms with Gasteiger partial charge in [-0.2, -0.15) is 0 Å². The number of aromatic nitrogens is 2. The molecule has 1 N–H and O–H groups in total. The lowest BCUT2D eigenvalue weighted by atomic mass is 10.2. The number of hydrogen-bond donors (Lipinski definition) is 1. The van der Waals surface area contributed by atoms with E-state index in [1.165, 1.54) is 4.90 Å². The number of hydrogen-bond acceptors (Lipinski definition) is 4. The third kappa shape index (κ3) is 3.28. The number of carbonyl (C=O) groups is 1. The Balaban J connectivity index is 1.60. The summed E-state index contributed by atoms with van der Waals surface area (Å²) in [5, 5.41) is 8.22. The maximum absolute atomic E-state index is 11.3.